The Balaban J connectivity index is 0.000000964. The number of aryl methyl sites for hydroxylation is 4. The van der Waals surface area contributed by atoms with Crippen LogP contribution < -0.4 is 10.2 Å². The summed E-state index contributed by atoms with van der Waals surface area (Å²) >= 11 is 0. The molecule has 89 heavy (non-hydrogen) atoms. The van der Waals surface area contributed by atoms with Gasteiger partial charge >= 0.3 is 20.4 Å². The molecular weight excluding hydrogens is 1200 g/mol. The second-order valence-electron chi connectivity index (χ2n) is 24.8. The van der Waals surface area contributed by atoms with Gasteiger partial charge in [-0.25, -0.2) is 0 Å². The van der Waals surface area contributed by atoms with Gasteiger partial charge in [-0.1, -0.05) is 283 Å². The molecule has 0 saturated heterocycles. The minimum Gasteiger partial charge on any atom is -0.545 e. The number of benzene rings is 4. The Labute approximate surface area is 555 Å². The minimum atomic E-state index is -1.46. The molecule has 0 heterocycles. The maximum atomic E-state index is 10.8. The molecule has 11 heteroatoms. The molecule has 4 aromatic carbocycles. The van der Waals surface area contributed by atoms with Crippen LogP contribution in [0.5, 0.6) is 23.0 Å². The zero-order chi connectivity index (χ0) is 64.2. The van der Waals surface area contributed by atoms with Crippen LogP contribution in [-0.4, -0.2) is 43.8 Å². The zero-order valence-electron chi connectivity index (χ0n) is 56.7. The Morgan fingerprint density at radius 1 is 0.315 bits per heavy atom. The molecule has 0 fully saturated rings. The van der Waals surface area contributed by atoms with Crippen LogP contribution in [0.3, 0.4) is 0 Å². The van der Waals surface area contributed by atoms with E-state index in [-0.39, 0.29) is 31.5 Å². The molecule has 0 aliphatic heterocycles. The van der Waals surface area contributed by atoms with Crippen LogP contribution in [-0.2, 0) is 46.1 Å². The average molecular weight is 1320 g/mol. The van der Waals surface area contributed by atoms with E-state index in [4.69, 9.17) is 9.98 Å². The van der Waals surface area contributed by atoms with Gasteiger partial charge < -0.3 is 40.2 Å². The Morgan fingerprint density at radius 3 is 0.809 bits per heavy atom. The fourth-order valence-corrected chi connectivity index (χ4v) is 11.3. The van der Waals surface area contributed by atoms with Crippen molar-refractivity contribution >= 4 is 34.7 Å². The van der Waals surface area contributed by atoms with E-state index in [0.717, 1.165) is 75.6 Å². The summed E-state index contributed by atoms with van der Waals surface area (Å²) in [5, 5.41) is 59.0. The molecule has 10 nitrogen and oxygen atoms in total. The van der Waals surface area contributed by atoms with Crippen molar-refractivity contribution in [3.8, 4) is 23.0 Å². The number of carbonyl (C=O) groups excluding carboxylic acids is 2. The van der Waals surface area contributed by atoms with Gasteiger partial charge in [0.2, 0.25) is 0 Å². The van der Waals surface area contributed by atoms with Crippen LogP contribution in [0.2, 0.25) is 0 Å². The van der Waals surface area contributed by atoms with E-state index < -0.39 is 34.9 Å². The summed E-state index contributed by atoms with van der Waals surface area (Å²) in [5.74, 6) is -4.99. The summed E-state index contributed by atoms with van der Waals surface area (Å²) in [5.41, 5.74) is 7.85. The zero-order valence-corrected chi connectivity index (χ0v) is 58.2. The van der Waals surface area contributed by atoms with Crippen LogP contribution in [0, 0.1) is 0 Å². The predicted molar refractivity (Wildman–Crippen MR) is 369 cm³/mol. The number of phenolic OH excluding ortho intramolecular Hbond substituents is 2. The van der Waals surface area contributed by atoms with Gasteiger partial charge in [0, 0.05) is 11.1 Å². The number of rotatable bonds is 49. The van der Waals surface area contributed by atoms with Crippen molar-refractivity contribution in [3.05, 3.63) is 106 Å². The molecule has 0 radical (unpaired) electrons. The predicted octanol–water partition coefficient (Wildman–Crippen LogP) is 21.3. The number of unbranched alkanes of at least 4 members (excludes halogenated alkanes) is 32. The van der Waals surface area contributed by atoms with Gasteiger partial charge in [0.15, 0.2) is 23.0 Å². The fraction of sp³-hybridized carbons (Fsp3) is 0.641. The molecule has 0 spiro atoms. The van der Waals surface area contributed by atoms with Gasteiger partial charge in [0.05, 0.1) is 34.7 Å². The van der Waals surface area contributed by atoms with Crippen molar-refractivity contribution in [2.45, 2.75) is 324 Å². The third kappa shape index (κ3) is 38.5. The second kappa shape index (κ2) is 54.7. The Kier molecular flexibility index (Phi) is 50.4. The molecule has 0 amide bonds. The van der Waals surface area contributed by atoms with Crippen LogP contribution in [0.1, 0.15) is 341 Å². The summed E-state index contributed by atoms with van der Waals surface area (Å²) in [4.78, 5) is 32.2. The number of aromatic carboxylic acids is 2. The van der Waals surface area contributed by atoms with Crippen LogP contribution in [0.25, 0.3) is 0 Å². The minimum absolute atomic E-state index is 0. The normalized spacial score (nSPS) is 11.4. The van der Waals surface area contributed by atoms with Crippen molar-refractivity contribution < 1.29 is 60.7 Å². The average Bonchev–Trinajstić information content (AvgIpc) is 3.19. The first kappa shape index (κ1) is 82.0. The number of carbonyl (C=O) groups is 2. The number of hydrogen-bond donors (Lipinski definition) is 4. The Bertz CT molecular complexity index is 2300. The summed E-state index contributed by atoms with van der Waals surface area (Å²) in [7, 11) is 0. The molecule has 0 atom stereocenters. The number of carboxylic acid groups (broad SMARTS) is 2. The molecule has 4 rings (SSSR count). The number of hydrogen-bond acceptors (Lipinski definition) is 10. The summed E-state index contributed by atoms with van der Waals surface area (Å²) in [6, 6.07) is 23.9. The molecule has 4 aromatic rings. The fourth-order valence-electron chi connectivity index (χ4n) is 11.3. The molecule has 4 N–H and O–H groups in total. The van der Waals surface area contributed by atoms with Crippen molar-refractivity contribution in [1.29, 1.82) is 0 Å². The van der Waals surface area contributed by atoms with Crippen molar-refractivity contribution in [2.24, 2.45) is 9.98 Å². The number of nitrogens with zero attached hydrogens (tertiary/aromatic N) is 2. The summed E-state index contributed by atoms with van der Waals surface area (Å²) in [6.45, 7) is 13.3. The maximum absolute atomic E-state index is 10.8. The van der Waals surface area contributed by atoms with Gasteiger partial charge in [-0.15, -0.1) is 0 Å². The van der Waals surface area contributed by atoms with E-state index in [1.54, 1.807) is 0 Å². The largest absolute Gasteiger partial charge is 2.00 e. The Morgan fingerprint density at radius 2 is 0.551 bits per heavy atom. The maximum Gasteiger partial charge on any atom is 2.00 e. The third-order valence-corrected chi connectivity index (χ3v) is 16.9. The molecule has 0 saturated carbocycles. The van der Waals surface area contributed by atoms with Crippen molar-refractivity contribution in [3.63, 3.8) is 0 Å². The first-order valence-electron chi connectivity index (χ1n) is 35.7. The summed E-state index contributed by atoms with van der Waals surface area (Å²) < 4.78 is 0. The molecule has 502 valence electrons. The molecular formula is C78H122N2O8Pd. The summed E-state index contributed by atoms with van der Waals surface area (Å²) in [6.07, 6.45) is 55.5. The molecule has 0 aliphatic rings. The van der Waals surface area contributed by atoms with Crippen molar-refractivity contribution in [2.75, 3.05) is 0 Å². The number of aliphatic imine (C=N–C) groups is 2. The van der Waals surface area contributed by atoms with Gasteiger partial charge in [0.1, 0.15) is 0 Å². The van der Waals surface area contributed by atoms with E-state index in [1.807, 2.05) is 13.8 Å². The number of carboxylic acids is 2. The molecule has 0 aliphatic carbocycles. The van der Waals surface area contributed by atoms with E-state index in [2.05, 4.69) is 76.2 Å². The van der Waals surface area contributed by atoms with E-state index in [9.17, 15) is 40.2 Å². The topological polar surface area (TPSA) is 186 Å². The standard InChI is InChI=1S/C54H92N2.2C12H16O4.Pd/c1-5-9-13-15-17-19-21-23-25-27-29-31-33-35-37-49-41-45-51(46-42-49)55-53(39-11-7-3)54(40-12-8-4)56-52-47-43-50(44-48-52)38-36-34-32-30-28-26-24-22-20-18-16-14-10-6-2;2*1-2-3-4-5-8-6-7-9(13)11(14)10(8)12(15)16;/h41-48H,5-40H2,1-4H3;2*6-7,13-14H,2-5H2,1H3,(H,15,16);/q;;;+2/p-2. The van der Waals surface area contributed by atoms with Gasteiger partial charge in [-0.3, -0.25) is 9.98 Å². The van der Waals surface area contributed by atoms with E-state index in [1.165, 1.54) is 252 Å². The number of phenols is 4. The molecule has 0 bridgehead atoms. The first-order valence-corrected chi connectivity index (χ1v) is 35.7. The van der Waals surface area contributed by atoms with Crippen LogP contribution >= 0.6 is 0 Å². The van der Waals surface area contributed by atoms with Crippen LogP contribution in [0.4, 0.5) is 11.4 Å². The Hall–Kier alpha value is -4.98. The van der Waals surface area contributed by atoms with E-state index >= 15 is 0 Å². The first-order chi connectivity index (χ1) is 42.8. The third-order valence-electron chi connectivity index (χ3n) is 16.9. The number of aromatic hydroxyl groups is 4. The van der Waals surface area contributed by atoms with Crippen LogP contribution in [0.15, 0.2) is 82.8 Å². The van der Waals surface area contributed by atoms with Gasteiger partial charge in [0.25, 0.3) is 0 Å². The molecule has 0 aromatic heterocycles. The quantitative estimate of drug-likeness (QED) is 0.0146. The second-order valence-corrected chi connectivity index (χ2v) is 24.8. The van der Waals surface area contributed by atoms with Gasteiger partial charge in [-0.05, 0) is 136 Å². The van der Waals surface area contributed by atoms with E-state index in [0.29, 0.717) is 24.0 Å². The molecule has 0 unspecified atom stereocenters. The SMILES string of the molecule is CCCCCCCCCCCCCCCCc1ccc(N=C(CCCC)C(CCCC)=Nc2ccc(CCCCCCCCCCCCCCCC)cc2)cc1.CCCCCc1ccc(O)c(O)c1C(=O)[O-].CCCCCc1ccc(O)c(O)c1C(=O)[O-].[Pd+2]. The monoisotopic (exact) mass is 1320 g/mol. The van der Waals surface area contributed by atoms with Crippen molar-refractivity contribution in [1.82, 2.24) is 0 Å². The van der Waals surface area contributed by atoms with Gasteiger partial charge in [-0.2, -0.15) is 0 Å². The smallest absolute Gasteiger partial charge is 0.545 e.